The minimum atomic E-state index is 0.520. The van der Waals surface area contributed by atoms with Crippen LogP contribution in [0.4, 0.5) is 5.69 Å². The topological polar surface area (TPSA) is 64.9 Å². The van der Waals surface area contributed by atoms with E-state index in [-0.39, 0.29) is 0 Å². The third kappa shape index (κ3) is 2.69. The first-order valence-electron chi connectivity index (χ1n) is 6.44. The van der Waals surface area contributed by atoms with Crippen molar-refractivity contribution >= 4 is 5.69 Å². The molecule has 4 nitrogen and oxygen atoms in total. The van der Waals surface area contributed by atoms with Crippen LogP contribution in [0.1, 0.15) is 17.0 Å². The van der Waals surface area contributed by atoms with Gasteiger partial charge in [0.25, 0.3) is 0 Å². The predicted molar refractivity (Wildman–Crippen MR) is 78.1 cm³/mol. The lowest BCUT2D eigenvalue weighted by Gasteiger charge is -1.98. The van der Waals surface area contributed by atoms with Crippen molar-refractivity contribution in [1.82, 2.24) is 10.2 Å². The Labute approximate surface area is 117 Å². The number of nitrogen functional groups attached to an aromatic ring is 1. The molecule has 0 atom stereocenters. The highest BCUT2D eigenvalue weighted by molar-refractivity contribution is 5.56. The molecule has 0 amide bonds. The van der Waals surface area contributed by atoms with Crippen molar-refractivity contribution in [3.05, 3.63) is 65.5 Å². The molecular weight excluding hydrogens is 250 g/mol. The molecule has 0 bridgehead atoms. The van der Waals surface area contributed by atoms with E-state index in [1.54, 1.807) is 0 Å². The normalized spacial score (nSPS) is 10.7. The van der Waals surface area contributed by atoms with E-state index in [0.717, 1.165) is 11.1 Å². The quantitative estimate of drug-likeness (QED) is 0.738. The highest BCUT2D eigenvalue weighted by Gasteiger charge is 2.08. The molecule has 0 aliphatic rings. The van der Waals surface area contributed by atoms with Gasteiger partial charge in [-0.05, 0) is 36.8 Å². The number of rotatable bonds is 3. The van der Waals surface area contributed by atoms with Gasteiger partial charge in [0.2, 0.25) is 11.8 Å². The van der Waals surface area contributed by atoms with Gasteiger partial charge in [-0.15, -0.1) is 10.2 Å². The van der Waals surface area contributed by atoms with Crippen LogP contribution in [0.3, 0.4) is 0 Å². The van der Waals surface area contributed by atoms with E-state index in [1.807, 2.05) is 24.3 Å². The molecular formula is C16H15N3O. The largest absolute Gasteiger partial charge is 0.420 e. The summed E-state index contributed by atoms with van der Waals surface area (Å²) in [7, 11) is 0. The van der Waals surface area contributed by atoms with E-state index in [9.17, 15) is 0 Å². The molecule has 0 saturated carbocycles. The fraction of sp³-hybridized carbons (Fsp3) is 0.125. The molecule has 0 aliphatic heterocycles. The van der Waals surface area contributed by atoms with Crippen LogP contribution in [-0.4, -0.2) is 10.2 Å². The van der Waals surface area contributed by atoms with Crippen molar-refractivity contribution in [2.45, 2.75) is 13.3 Å². The second-order valence-corrected chi connectivity index (χ2v) is 4.79. The average molecular weight is 265 g/mol. The van der Waals surface area contributed by atoms with Gasteiger partial charge in [-0.3, -0.25) is 0 Å². The number of hydrogen-bond donors (Lipinski definition) is 1. The molecule has 0 unspecified atom stereocenters. The van der Waals surface area contributed by atoms with Crippen LogP contribution in [0.25, 0.3) is 11.5 Å². The maximum Gasteiger partial charge on any atom is 0.247 e. The summed E-state index contributed by atoms with van der Waals surface area (Å²) in [5.74, 6) is 1.13. The zero-order chi connectivity index (χ0) is 13.9. The van der Waals surface area contributed by atoms with E-state index in [1.165, 1.54) is 5.56 Å². The Morgan fingerprint density at radius 1 is 0.950 bits per heavy atom. The van der Waals surface area contributed by atoms with E-state index >= 15 is 0 Å². The summed E-state index contributed by atoms with van der Waals surface area (Å²) in [6.45, 7) is 2.07. The molecule has 0 aliphatic carbocycles. The summed E-state index contributed by atoms with van der Waals surface area (Å²) in [5.41, 5.74) is 9.64. The second-order valence-electron chi connectivity index (χ2n) is 4.79. The van der Waals surface area contributed by atoms with Gasteiger partial charge in [0, 0.05) is 11.3 Å². The Bertz CT molecular complexity index is 699. The molecule has 20 heavy (non-hydrogen) atoms. The lowest BCUT2D eigenvalue weighted by molar-refractivity contribution is 0.518. The summed E-state index contributed by atoms with van der Waals surface area (Å²) in [5, 5.41) is 8.16. The third-order valence-electron chi connectivity index (χ3n) is 3.10. The predicted octanol–water partition coefficient (Wildman–Crippen LogP) is 3.22. The molecule has 1 heterocycles. The van der Waals surface area contributed by atoms with Crippen LogP contribution in [0.5, 0.6) is 0 Å². The number of nitrogens with two attached hydrogens (primary N) is 1. The van der Waals surface area contributed by atoms with Gasteiger partial charge in [0.05, 0.1) is 6.42 Å². The van der Waals surface area contributed by atoms with Gasteiger partial charge in [-0.1, -0.05) is 29.8 Å². The standard InChI is InChI=1S/C16H15N3O/c1-11-2-4-12(5-3-11)10-15-18-19-16(20-15)13-6-8-14(17)9-7-13/h2-9H,10,17H2,1H3. The molecule has 0 fully saturated rings. The molecule has 0 radical (unpaired) electrons. The highest BCUT2D eigenvalue weighted by atomic mass is 16.4. The van der Waals surface area contributed by atoms with Crippen molar-refractivity contribution in [2.75, 3.05) is 5.73 Å². The van der Waals surface area contributed by atoms with E-state index in [2.05, 4.69) is 41.4 Å². The summed E-state index contributed by atoms with van der Waals surface area (Å²) >= 11 is 0. The summed E-state index contributed by atoms with van der Waals surface area (Å²) in [6.07, 6.45) is 0.641. The monoisotopic (exact) mass is 265 g/mol. The summed E-state index contributed by atoms with van der Waals surface area (Å²) in [4.78, 5) is 0. The number of benzene rings is 2. The van der Waals surface area contributed by atoms with Crippen molar-refractivity contribution in [3.8, 4) is 11.5 Å². The van der Waals surface area contributed by atoms with E-state index < -0.39 is 0 Å². The van der Waals surface area contributed by atoms with Crippen molar-refractivity contribution in [3.63, 3.8) is 0 Å². The first-order valence-corrected chi connectivity index (χ1v) is 6.44. The van der Waals surface area contributed by atoms with Crippen molar-refractivity contribution in [2.24, 2.45) is 0 Å². The van der Waals surface area contributed by atoms with Crippen LogP contribution >= 0.6 is 0 Å². The molecule has 3 rings (SSSR count). The molecule has 100 valence electrons. The maximum atomic E-state index is 5.68. The number of anilines is 1. The first kappa shape index (κ1) is 12.4. The minimum absolute atomic E-state index is 0.520. The van der Waals surface area contributed by atoms with Gasteiger partial charge in [0.1, 0.15) is 0 Å². The molecule has 2 N–H and O–H groups in total. The molecule has 0 saturated heterocycles. The van der Waals surface area contributed by atoms with Gasteiger partial charge in [-0.2, -0.15) is 0 Å². The number of hydrogen-bond acceptors (Lipinski definition) is 4. The Balaban J connectivity index is 1.80. The molecule has 3 aromatic rings. The zero-order valence-electron chi connectivity index (χ0n) is 11.2. The van der Waals surface area contributed by atoms with Gasteiger partial charge in [0.15, 0.2) is 0 Å². The Morgan fingerprint density at radius 3 is 2.35 bits per heavy atom. The summed E-state index contributed by atoms with van der Waals surface area (Å²) < 4.78 is 5.68. The molecule has 1 aromatic heterocycles. The number of nitrogens with zero attached hydrogens (tertiary/aromatic N) is 2. The fourth-order valence-corrected chi connectivity index (χ4v) is 1.95. The lowest BCUT2D eigenvalue weighted by Crippen LogP contribution is -1.88. The van der Waals surface area contributed by atoms with Gasteiger partial charge in [-0.25, -0.2) is 0 Å². The van der Waals surface area contributed by atoms with Crippen LogP contribution < -0.4 is 5.73 Å². The van der Waals surface area contributed by atoms with Crippen LogP contribution in [0.2, 0.25) is 0 Å². The Morgan fingerprint density at radius 2 is 1.65 bits per heavy atom. The molecule has 0 spiro atoms. The average Bonchev–Trinajstić information content (AvgIpc) is 2.91. The fourth-order valence-electron chi connectivity index (χ4n) is 1.95. The van der Waals surface area contributed by atoms with E-state index in [4.69, 9.17) is 10.2 Å². The smallest absolute Gasteiger partial charge is 0.247 e. The first-order chi connectivity index (χ1) is 9.70. The maximum absolute atomic E-state index is 5.68. The van der Waals surface area contributed by atoms with Crippen molar-refractivity contribution in [1.29, 1.82) is 0 Å². The molecule has 2 aromatic carbocycles. The van der Waals surface area contributed by atoms with Crippen LogP contribution in [-0.2, 0) is 6.42 Å². The number of aryl methyl sites for hydroxylation is 1. The van der Waals surface area contributed by atoms with E-state index in [0.29, 0.717) is 23.9 Å². The van der Waals surface area contributed by atoms with Crippen molar-refractivity contribution < 1.29 is 4.42 Å². The number of aromatic nitrogens is 2. The van der Waals surface area contributed by atoms with Crippen LogP contribution in [0.15, 0.2) is 52.9 Å². The third-order valence-corrected chi connectivity index (χ3v) is 3.10. The second kappa shape index (κ2) is 5.17. The Kier molecular flexibility index (Phi) is 3.21. The summed E-state index contributed by atoms with van der Waals surface area (Å²) in [6, 6.07) is 15.7. The van der Waals surface area contributed by atoms with Gasteiger partial charge >= 0.3 is 0 Å². The lowest BCUT2D eigenvalue weighted by atomic mass is 10.1. The zero-order valence-corrected chi connectivity index (χ0v) is 11.2. The van der Waals surface area contributed by atoms with Gasteiger partial charge < -0.3 is 10.2 Å². The Hall–Kier alpha value is -2.62. The molecule has 4 heteroatoms. The highest BCUT2D eigenvalue weighted by Crippen LogP contribution is 2.20. The van der Waals surface area contributed by atoms with Crippen LogP contribution in [0, 0.1) is 6.92 Å². The minimum Gasteiger partial charge on any atom is -0.420 e. The SMILES string of the molecule is Cc1ccc(Cc2nnc(-c3ccc(N)cc3)o2)cc1.